The quantitative estimate of drug-likeness (QED) is 0.181. The van der Waals surface area contributed by atoms with Crippen molar-refractivity contribution in [1.82, 2.24) is 23.1 Å². The summed E-state index contributed by atoms with van der Waals surface area (Å²) in [6, 6.07) is 67.2. The molecule has 0 fully saturated rings. The van der Waals surface area contributed by atoms with Gasteiger partial charge in [0.15, 0.2) is 0 Å². The van der Waals surface area contributed by atoms with Crippen molar-refractivity contribution >= 4 is 82.6 Å². The van der Waals surface area contributed by atoms with Crippen molar-refractivity contribution in [2.75, 3.05) is 0 Å². The summed E-state index contributed by atoms with van der Waals surface area (Å²) in [5.74, 6) is 0.825. The van der Waals surface area contributed by atoms with Crippen LogP contribution in [0.2, 0.25) is 0 Å². The fourth-order valence-corrected chi connectivity index (χ4v) is 9.29. The molecule has 13 rings (SSSR count). The third-order valence-corrected chi connectivity index (χ3v) is 11.8. The minimum Gasteiger partial charge on any atom is -0.437 e. The number of hydrogen-bond acceptors (Lipinski definition) is 2. The van der Waals surface area contributed by atoms with Gasteiger partial charge in [0.05, 0.1) is 38.8 Å². The fourth-order valence-electron chi connectivity index (χ4n) is 9.29. The molecular formula is C51H31N5O. The summed E-state index contributed by atoms with van der Waals surface area (Å²) >= 11 is 0. The van der Waals surface area contributed by atoms with E-state index < -0.39 is 0 Å². The molecule has 6 nitrogen and oxygen atoms in total. The van der Waals surface area contributed by atoms with Crippen molar-refractivity contribution in [2.45, 2.75) is 0 Å². The Hall–Kier alpha value is -7.83. The second kappa shape index (κ2) is 11.4. The molecule has 0 radical (unpaired) electrons. The molecule has 0 N–H and O–H groups in total. The van der Waals surface area contributed by atoms with Crippen LogP contribution in [-0.2, 0) is 0 Å². The maximum Gasteiger partial charge on any atom is 0.232 e. The van der Waals surface area contributed by atoms with E-state index in [1.807, 2.05) is 18.2 Å². The highest BCUT2D eigenvalue weighted by Gasteiger charge is 2.24. The number of furan rings is 1. The Morgan fingerprint density at radius 1 is 0.368 bits per heavy atom. The van der Waals surface area contributed by atoms with E-state index in [1.54, 1.807) is 0 Å². The average molecular weight is 730 g/mol. The molecule has 13 aromatic rings. The first-order valence-corrected chi connectivity index (χ1v) is 19.3. The number of benzene rings is 8. The van der Waals surface area contributed by atoms with Crippen LogP contribution < -0.4 is 0 Å². The molecule has 5 aromatic heterocycles. The van der Waals surface area contributed by atoms with Gasteiger partial charge in [-0.2, -0.15) is 0 Å². The van der Waals surface area contributed by atoms with E-state index in [0.29, 0.717) is 0 Å². The second-order valence-corrected chi connectivity index (χ2v) is 14.8. The normalized spacial score (nSPS) is 12.2. The van der Waals surface area contributed by atoms with Crippen LogP contribution in [0, 0.1) is 0 Å². The van der Waals surface area contributed by atoms with Gasteiger partial charge >= 0.3 is 0 Å². The highest BCUT2D eigenvalue weighted by Crippen LogP contribution is 2.41. The van der Waals surface area contributed by atoms with Gasteiger partial charge in [-0.05, 0) is 108 Å². The van der Waals surface area contributed by atoms with Crippen LogP contribution in [-0.4, -0.2) is 23.1 Å². The largest absolute Gasteiger partial charge is 0.437 e. The molecule has 0 aliphatic rings. The third kappa shape index (κ3) is 4.21. The summed E-state index contributed by atoms with van der Waals surface area (Å²) < 4.78 is 15.8. The molecule has 0 saturated carbocycles. The first-order valence-electron chi connectivity index (χ1n) is 19.3. The van der Waals surface area contributed by atoms with E-state index in [2.05, 4.69) is 188 Å². The van der Waals surface area contributed by atoms with E-state index in [1.165, 1.54) is 38.3 Å². The topological polar surface area (TPSA) is 45.2 Å². The molecule has 5 heterocycles. The van der Waals surface area contributed by atoms with Crippen LogP contribution in [0.3, 0.4) is 0 Å². The molecule has 0 saturated heterocycles. The smallest absolute Gasteiger partial charge is 0.232 e. The first kappa shape index (κ1) is 30.5. The van der Waals surface area contributed by atoms with Crippen LogP contribution >= 0.6 is 0 Å². The molecule has 0 spiro atoms. The summed E-state index contributed by atoms with van der Waals surface area (Å²) in [5.41, 5.74) is 14.9. The Labute approximate surface area is 325 Å². The van der Waals surface area contributed by atoms with Gasteiger partial charge in [0.2, 0.25) is 11.5 Å². The number of aromatic nitrogens is 5. The minimum absolute atomic E-state index is 0.777. The van der Waals surface area contributed by atoms with Gasteiger partial charge in [0.1, 0.15) is 11.1 Å². The van der Waals surface area contributed by atoms with Gasteiger partial charge in [-0.3, -0.25) is 4.40 Å². The predicted molar refractivity (Wildman–Crippen MR) is 233 cm³/mol. The van der Waals surface area contributed by atoms with Crippen molar-refractivity contribution in [3.05, 3.63) is 188 Å². The maximum atomic E-state index is 6.67. The van der Waals surface area contributed by atoms with Gasteiger partial charge in [0.25, 0.3) is 0 Å². The van der Waals surface area contributed by atoms with Crippen LogP contribution in [0.5, 0.6) is 0 Å². The van der Waals surface area contributed by atoms with Crippen molar-refractivity contribution in [3.8, 4) is 28.2 Å². The lowest BCUT2D eigenvalue weighted by atomic mass is 10.0. The van der Waals surface area contributed by atoms with Crippen molar-refractivity contribution in [1.29, 1.82) is 0 Å². The van der Waals surface area contributed by atoms with Crippen molar-refractivity contribution < 1.29 is 4.42 Å². The molecule has 0 atom stereocenters. The fraction of sp³-hybridized carbons (Fsp3) is 0. The monoisotopic (exact) mass is 729 g/mol. The van der Waals surface area contributed by atoms with Gasteiger partial charge in [-0.15, -0.1) is 0 Å². The molecule has 0 unspecified atom stereocenters. The lowest BCUT2D eigenvalue weighted by molar-refractivity contribution is 0.645. The molecular weight excluding hydrogens is 699 g/mol. The van der Waals surface area contributed by atoms with E-state index in [0.717, 1.165) is 72.5 Å². The van der Waals surface area contributed by atoms with Gasteiger partial charge in [-0.25, -0.2) is 9.55 Å². The second-order valence-electron chi connectivity index (χ2n) is 14.8. The first-order chi connectivity index (χ1) is 28.3. The summed E-state index contributed by atoms with van der Waals surface area (Å²) in [6.45, 7) is 0. The van der Waals surface area contributed by atoms with E-state index >= 15 is 0 Å². The molecule has 266 valence electrons. The number of nitrogens with zero attached hydrogens (tertiary/aromatic N) is 5. The lowest BCUT2D eigenvalue weighted by Crippen LogP contribution is -1.96. The van der Waals surface area contributed by atoms with Gasteiger partial charge in [0, 0.05) is 38.3 Å². The van der Waals surface area contributed by atoms with E-state index in [4.69, 9.17) is 9.40 Å². The zero-order chi connectivity index (χ0) is 37.2. The number of para-hydroxylation sites is 6. The number of fused-ring (bicyclic) bond motifs is 13. The summed E-state index contributed by atoms with van der Waals surface area (Å²) in [7, 11) is 0. The Morgan fingerprint density at radius 2 is 0.895 bits per heavy atom. The SMILES string of the molecule is c1ccc(-n2c3ccccc3c3cc(-c4ccc5c(c4)c4cc(-n6c7oc8ccccc8c7n7c8ccccc8nc67)ccc4n5-c4ccccc4)ccc32)cc1. The zero-order valence-electron chi connectivity index (χ0n) is 30.5. The maximum absolute atomic E-state index is 6.67. The number of imidazole rings is 2. The molecule has 0 bridgehead atoms. The van der Waals surface area contributed by atoms with Gasteiger partial charge in [-0.1, -0.05) is 91.0 Å². The van der Waals surface area contributed by atoms with Crippen molar-refractivity contribution in [3.63, 3.8) is 0 Å². The van der Waals surface area contributed by atoms with E-state index in [-0.39, 0.29) is 0 Å². The molecule has 57 heavy (non-hydrogen) atoms. The summed E-state index contributed by atoms with van der Waals surface area (Å²) in [4.78, 5) is 5.18. The van der Waals surface area contributed by atoms with Crippen LogP contribution in [0.1, 0.15) is 0 Å². The minimum atomic E-state index is 0.777. The van der Waals surface area contributed by atoms with Crippen LogP contribution in [0.4, 0.5) is 0 Å². The molecule has 0 aliphatic heterocycles. The van der Waals surface area contributed by atoms with E-state index in [9.17, 15) is 0 Å². The van der Waals surface area contributed by atoms with Crippen LogP contribution in [0.25, 0.3) is 111 Å². The highest BCUT2D eigenvalue weighted by atomic mass is 16.3. The number of rotatable bonds is 4. The number of hydrogen-bond donors (Lipinski definition) is 0. The van der Waals surface area contributed by atoms with Crippen molar-refractivity contribution in [2.24, 2.45) is 0 Å². The molecule has 8 aromatic carbocycles. The average Bonchev–Trinajstić information content (AvgIpc) is 4.06. The highest BCUT2D eigenvalue weighted by molar-refractivity contribution is 6.13. The Kier molecular flexibility index (Phi) is 6.07. The zero-order valence-corrected chi connectivity index (χ0v) is 30.5. The molecule has 0 aliphatic carbocycles. The third-order valence-electron chi connectivity index (χ3n) is 11.8. The Balaban J connectivity index is 1.07. The lowest BCUT2D eigenvalue weighted by Gasteiger charge is -2.09. The predicted octanol–water partition coefficient (Wildman–Crippen LogP) is 13.0. The Morgan fingerprint density at radius 3 is 1.60 bits per heavy atom. The molecule has 6 heteroatoms. The van der Waals surface area contributed by atoms with Gasteiger partial charge < -0.3 is 13.6 Å². The molecule has 0 amide bonds. The summed E-state index contributed by atoms with van der Waals surface area (Å²) in [5, 5.41) is 5.88. The van der Waals surface area contributed by atoms with Crippen LogP contribution in [0.15, 0.2) is 192 Å². The summed E-state index contributed by atoms with van der Waals surface area (Å²) in [6.07, 6.45) is 0. The standard InChI is InChI=1S/C51H31N5O/c1-3-13-34(14-4-1)53-43-20-10-7-17-37(43)39-29-32(23-26-44(39)53)33-24-27-45-40(30-33)41-31-36(25-28-46(41)54(45)35-15-5-2-6-16-35)55-50-49(38-18-8-12-22-48(38)57-50)56-47-21-11-9-19-42(47)52-51(55)56/h1-31H. The Bertz CT molecular complexity index is 3660.